The minimum atomic E-state index is -0.362. The van der Waals surface area contributed by atoms with E-state index >= 15 is 0 Å². The largest absolute Gasteiger partial charge is 0.355 e. The lowest BCUT2D eigenvalue weighted by atomic mass is 9.84. The van der Waals surface area contributed by atoms with E-state index in [0.29, 0.717) is 24.6 Å². The number of amides is 1. The summed E-state index contributed by atoms with van der Waals surface area (Å²) in [5.74, 6) is 0.503. The Kier molecular flexibility index (Phi) is 6.17. The number of carbonyl (C=O) groups is 1. The molecule has 2 rings (SSSR count). The first-order chi connectivity index (χ1) is 11.5. The lowest BCUT2D eigenvalue weighted by Crippen LogP contribution is -2.49. The molecule has 24 heavy (non-hydrogen) atoms. The number of benzene rings is 1. The summed E-state index contributed by atoms with van der Waals surface area (Å²) in [6.45, 7) is 0.891. The molecule has 1 aromatic rings. The molecule has 0 unspecified atom stereocenters. The van der Waals surface area contributed by atoms with Crippen LogP contribution in [0.4, 0.5) is 4.39 Å². The van der Waals surface area contributed by atoms with E-state index in [-0.39, 0.29) is 17.1 Å². The van der Waals surface area contributed by atoms with E-state index in [0.717, 1.165) is 25.7 Å². The Morgan fingerprint density at radius 3 is 2.50 bits per heavy atom. The highest BCUT2D eigenvalue weighted by Crippen LogP contribution is 2.38. The highest BCUT2D eigenvalue weighted by atomic mass is 19.1. The monoisotopic (exact) mass is 334 g/mol. The molecule has 1 fully saturated rings. The smallest absolute Gasteiger partial charge is 0.230 e. The van der Waals surface area contributed by atoms with Crippen LogP contribution in [0.15, 0.2) is 29.3 Å². The number of aliphatic imine (C=N–C) groups is 1. The van der Waals surface area contributed by atoms with Crippen LogP contribution in [0.1, 0.15) is 31.2 Å². The van der Waals surface area contributed by atoms with E-state index < -0.39 is 0 Å². The third-order valence-corrected chi connectivity index (χ3v) is 4.64. The molecule has 0 radical (unpaired) electrons. The second kappa shape index (κ2) is 8.13. The topological polar surface area (TPSA) is 56.7 Å². The molecular formula is C18H27FN4O. The Hall–Kier alpha value is -2.11. The Balaban J connectivity index is 1.95. The van der Waals surface area contributed by atoms with Crippen LogP contribution >= 0.6 is 0 Å². The molecule has 1 aliphatic rings. The SMILES string of the molecule is CN=C(NCc1ccccc1F)NCC1(C(=O)N(C)C)CCCC1. The molecule has 132 valence electrons. The summed E-state index contributed by atoms with van der Waals surface area (Å²) in [5.41, 5.74) is 0.222. The summed E-state index contributed by atoms with van der Waals surface area (Å²) in [4.78, 5) is 18.4. The number of hydrogen-bond acceptors (Lipinski definition) is 2. The molecule has 1 amide bonds. The number of hydrogen-bond donors (Lipinski definition) is 2. The summed E-state index contributed by atoms with van der Waals surface area (Å²) >= 11 is 0. The molecule has 0 bridgehead atoms. The van der Waals surface area contributed by atoms with Crippen molar-refractivity contribution in [2.45, 2.75) is 32.2 Å². The maximum absolute atomic E-state index is 13.7. The van der Waals surface area contributed by atoms with Gasteiger partial charge in [0, 0.05) is 39.8 Å². The first-order valence-corrected chi connectivity index (χ1v) is 8.38. The number of guanidine groups is 1. The Bertz CT molecular complexity index is 594. The molecule has 1 saturated carbocycles. The van der Waals surface area contributed by atoms with Crippen LogP contribution in [0.2, 0.25) is 0 Å². The fraction of sp³-hybridized carbons (Fsp3) is 0.556. The van der Waals surface area contributed by atoms with Gasteiger partial charge in [-0.1, -0.05) is 31.0 Å². The van der Waals surface area contributed by atoms with Gasteiger partial charge in [-0.2, -0.15) is 0 Å². The van der Waals surface area contributed by atoms with Crippen LogP contribution < -0.4 is 10.6 Å². The van der Waals surface area contributed by atoms with Gasteiger partial charge in [-0.15, -0.1) is 0 Å². The van der Waals surface area contributed by atoms with E-state index in [4.69, 9.17) is 0 Å². The Morgan fingerprint density at radius 1 is 1.25 bits per heavy atom. The van der Waals surface area contributed by atoms with Crippen molar-refractivity contribution >= 4 is 11.9 Å². The molecule has 5 nitrogen and oxygen atoms in total. The summed E-state index contributed by atoms with van der Waals surface area (Å²) in [6.07, 6.45) is 3.92. The molecule has 0 heterocycles. The summed E-state index contributed by atoms with van der Waals surface area (Å²) in [5, 5.41) is 6.36. The van der Waals surface area contributed by atoms with E-state index in [2.05, 4.69) is 15.6 Å². The normalized spacial score (nSPS) is 16.8. The van der Waals surface area contributed by atoms with Crippen LogP contribution in [0, 0.1) is 11.2 Å². The van der Waals surface area contributed by atoms with Crippen LogP contribution in [0.3, 0.4) is 0 Å². The molecule has 1 aliphatic carbocycles. The summed E-state index contributed by atoms with van der Waals surface area (Å²) in [7, 11) is 5.27. The lowest BCUT2D eigenvalue weighted by molar-refractivity contribution is -0.138. The van der Waals surface area contributed by atoms with Crippen molar-refractivity contribution in [1.29, 1.82) is 0 Å². The van der Waals surface area contributed by atoms with Gasteiger partial charge in [0.15, 0.2) is 5.96 Å². The molecule has 0 spiro atoms. The predicted molar refractivity (Wildman–Crippen MR) is 94.2 cm³/mol. The second-order valence-corrected chi connectivity index (χ2v) is 6.56. The minimum absolute atomic E-state index is 0.164. The fourth-order valence-electron chi connectivity index (χ4n) is 3.29. The van der Waals surface area contributed by atoms with Gasteiger partial charge < -0.3 is 15.5 Å². The zero-order valence-electron chi connectivity index (χ0n) is 14.7. The van der Waals surface area contributed by atoms with Gasteiger partial charge >= 0.3 is 0 Å². The molecular weight excluding hydrogens is 307 g/mol. The zero-order valence-corrected chi connectivity index (χ0v) is 14.7. The van der Waals surface area contributed by atoms with Crippen molar-refractivity contribution in [2.24, 2.45) is 10.4 Å². The molecule has 2 N–H and O–H groups in total. The number of nitrogens with zero attached hydrogens (tertiary/aromatic N) is 2. The fourth-order valence-corrected chi connectivity index (χ4v) is 3.29. The zero-order chi connectivity index (χ0) is 17.6. The maximum atomic E-state index is 13.7. The first-order valence-electron chi connectivity index (χ1n) is 8.38. The van der Waals surface area contributed by atoms with Crippen LogP contribution in [-0.4, -0.2) is 44.5 Å². The van der Waals surface area contributed by atoms with Crippen molar-refractivity contribution < 1.29 is 9.18 Å². The van der Waals surface area contributed by atoms with Crippen molar-refractivity contribution in [1.82, 2.24) is 15.5 Å². The number of halogens is 1. The molecule has 0 saturated heterocycles. The van der Waals surface area contributed by atoms with Gasteiger partial charge in [0.1, 0.15) is 5.82 Å². The predicted octanol–water partition coefficient (Wildman–Crippen LogP) is 2.14. The van der Waals surface area contributed by atoms with E-state index in [1.165, 1.54) is 6.07 Å². The van der Waals surface area contributed by atoms with Gasteiger partial charge in [-0.25, -0.2) is 4.39 Å². The molecule has 0 aromatic heterocycles. The van der Waals surface area contributed by atoms with Crippen LogP contribution in [0.5, 0.6) is 0 Å². The second-order valence-electron chi connectivity index (χ2n) is 6.56. The van der Waals surface area contributed by atoms with Crippen molar-refractivity contribution in [3.8, 4) is 0 Å². The summed E-state index contributed by atoms with van der Waals surface area (Å²) in [6, 6.07) is 6.66. The highest BCUT2D eigenvalue weighted by Gasteiger charge is 2.42. The quantitative estimate of drug-likeness (QED) is 0.641. The molecule has 1 aromatic carbocycles. The average molecular weight is 334 g/mol. The van der Waals surface area contributed by atoms with E-state index in [9.17, 15) is 9.18 Å². The van der Waals surface area contributed by atoms with E-state index in [1.807, 2.05) is 0 Å². The van der Waals surface area contributed by atoms with Gasteiger partial charge in [0.2, 0.25) is 5.91 Å². The Morgan fingerprint density at radius 2 is 1.92 bits per heavy atom. The number of rotatable bonds is 5. The highest BCUT2D eigenvalue weighted by molar-refractivity contribution is 5.85. The molecule has 6 heteroatoms. The van der Waals surface area contributed by atoms with Crippen molar-refractivity contribution in [3.05, 3.63) is 35.6 Å². The Labute approximate surface area is 143 Å². The van der Waals surface area contributed by atoms with Gasteiger partial charge in [0.25, 0.3) is 0 Å². The van der Waals surface area contributed by atoms with Crippen molar-refractivity contribution in [3.63, 3.8) is 0 Å². The molecule has 0 atom stereocenters. The van der Waals surface area contributed by atoms with Crippen LogP contribution in [-0.2, 0) is 11.3 Å². The van der Waals surface area contributed by atoms with Gasteiger partial charge in [-0.05, 0) is 18.9 Å². The van der Waals surface area contributed by atoms with Crippen LogP contribution in [0.25, 0.3) is 0 Å². The standard InChI is InChI=1S/C18H27FN4O/c1-20-17(21-12-14-8-4-5-9-15(14)19)22-13-18(10-6-7-11-18)16(24)23(2)3/h4-5,8-9H,6-7,10-13H2,1-3H3,(H2,20,21,22). The summed E-state index contributed by atoms with van der Waals surface area (Å²) < 4.78 is 13.7. The van der Waals surface area contributed by atoms with Gasteiger partial charge in [-0.3, -0.25) is 9.79 Å². The van der Waals surface area contributed by atoms with Gasteiger partial charge in [0.05, 0.1) is 5.41 Å². The average Bonchev–Trinajstić information content (AvgIpc) is 3.05. The third-order valence-electron chi connectivity index (χ3n) is 4.64. The number of carbonyl (C=O) groups excluding carboxylic acids is 1. The maximum Gasteiger partial charge on any atom is 0.230 e. The number of nitrogens with one attached hydrogen (secondary N) is 2. The lowest BCUT2D eigenvalue weighted by Gasteiger charge is -2.31. The first kappa shape index (κ1) is 18.2. The minimum Gasteiger partial charge on any atom is -0.355 e. The third kappa shape index (κ3) is 4.24. The van der Waals surface area contributed by atoms with E-state index in [1.54, 1.807) is 44.2 Å². The van der Waals surface area contributed by atoms with Crippen molar-refractivity contribution in [2.75, 3.05) is 27.7 Å². The molecule has 0 aliphatic heterocycles.